The lowest BCUT2D eigenvalue weighted by Crippen LogP contribution is -2.48. The average Bonchev–Trinajstić information content (AvgIpc) is 2.93. The Morgan fingerprint density at radius 2 is 2.00 bits per heavy atom. The number of thiophene rings is 1. The number of halogens is 1. The van der Waals surface area contributed by atoms with Gasteiger partial charge in [0.2, 0.25) is 0 Å². The van der Waals surface area contributed by atoms with Gasteiger partial charge in [0.15, 0.2) is 9.92 Å². The first-order valence-corrected chi connectivity index (χ1v) is 10.4. The maximum atomic E-state index is 13.2. The van der Waals surface area contributed by atoms with E-state index in [4.69, 9.17) is 23.1 Å². The Labute approximate surface area is 157 Å². The van der Waals surface area contributed by atoms with E-state index in [1.54, 1.807) is 7.05 Å². The van der Waals surface area contributed by atoms with Crippen LogP contribution in [0.15, 0.2) is 20.0 Å². The maximum Gasteiger partial charge on any atom is 0.272 e. The number of amides is 2. The van der Waals surface area contributed by atoms with Crippen molar-refractivity contribution in [3.8, 4) is 0 Å². The van der Waals surface area contributed by atoms with E-state index in [0.717, 1.165) is 11.3 Å². The standard InChI is InChI=1S/C14H24ClN5O3S2/c1-8(2)4-10(16)13(21)19-25(23,12-5-9(15)7-24-12)20-14(22)11(17)6-18-3/h5,7-8,10-11,18H,4,6,16-17H2,1-3H3,(H,19,20,21,22,23)/t10-,11+,25?/m0/s1. The molecule has 0 spiro atoms. The molecule has 0 saturated heterocycles. The Morgan fingerprint density at radius 1 is 1.36 bits per heavy atom. The van der Waals surface area contributed by atoms with Crippen LogP contribution in [0.25, 0.3) is 0 Å². The van der Waals surface area contributed by atoms with Crippen LogP contribution in [0, 0.1) is 5.92 Å². The number of nitrogens with one attached hydrogen (secondary N) is 2. The molecular formula is C14H24ClN5O3S2. The van der Waals surface area contributed by atoms with Crippen molar-refractivity contribution in [1.82, 2.24) is 10.0 Å². The third-order valence-electron chi connectivity index (χ3n) is 3.08. The molecule has 0 aliphatic rings. The molecule has 0 radical (unpaired) electrons. The van der Waals surface area contributed by atoms with Crippen LogP contribution in [0.1, 0.15) is 20.3 Å². The van der Waals surface area contributed by atoms with Gasteiger partial charge in [0.25, 0.3) is 11.8 Å². The molecule has 142 valence electrons. The van der Waals surface area contributed by atoms with Gasteiger partial charge in [-0.25, -0.2) is 4.21 Å². The van der Waals surface area contributed by atoms with Gasteiger partial charge < -0.3 is 16.8 Å². The third-order valence-corrected chi connectivity index (χ3v) is 6.69. The van der Waals surface area contributed by atoms with Crippen LogP contribution in [0.4, 0.5) is 0 Å². The Balaban J connectivity index is 3.20. The number of nitrogens with zero attached hydrogens (tertiary/aromatic N) is 1. The topological polar surface area (TPSA) is 140 Å². The molecule has 0 aromatic carbocycles. The molecule has 0 fully saturated rings. The van der Waals surface area contributed by atoms with Crippen LogP contribution in [-0.4, -0.2) is 41.7 Å². The number of hydrogen-bond donors (Lipinski definition) is 4. The van der Waals surface area contributed by atoms with Crippen LogP contribution in [0.3, 0.4) is 0 Å². The van der Waals surface area contributed by atoms with Gasteiger partial charge in [0, 0.05) is 11.9 Å². The molecule has 25 heavy (non-hydrogen) atoms. The van der Waals surface area contributed by atoms with Gasteiger partial charge in [0.05, 0.1) is 17.1 Å². The molecule has 0 saturated carbocycles. The Morgan fingerprint density at radius 3 is 2.48 bits per heavy atom. The number of nitrogens with two attached hydrogens (primary N) is 2. The molecule has 0 aliphatic heterocycles. The van der Waals surface area contributed by atoms with Gasteiger partial charge in [-0.1, -0.05) is 25.4 Å². The van der Waals surface area contributed by atoms with Crippen LogP contribution in [0.2, 0.25) is 5.02 Å². The average molecular weight is 410 g/mol. The van der Waals surface area contributed by atoms with E-state index in [9.17, 15) is 13.8 Å². The zero-order chi connectivity index (χ0) is 19.2. The smallest absolute Gasteiger partial charge is 0.272 e. The molecule has 3 atom stereocenters. The fraction of sp³-hybridized carbons (Fsp3) is 0.571. The van der Waals surface area contributed by atoms with Crippen LogP contribution in [0.5, 0.6) is 0 Å². The van der Waals surface area contributed by atoms with Gasteiger partial charge in [-0.3, -0.25) is 14.3 Å². The fourth-order valence-electron chi connectivity index (χ4n) is 1.89. The van der Waals surface area contributed by atoms with Crippen molar-refractivity contribution in [1.29, 1.82) is 0 Å². The predicted octanol–water partition coefficient (Wildman–Crippen LogP) is 0.706. The lowest BCUT2D eigenvalue weighted by molar-refractivity contribution is -0.120. The Kier molecular flexibility index (Phi) is 8.45. The lowest BCUT2D eigenvalue weighted by Gasteiger charge is -2.16. The molecule has 1 aromatic heterocycles. The molecule has 1 unspecified atom stereocenters. The number of rotatable bonds is 8. The highest BCUT2D eigenvalue weighted by Gasteiger charge is 2.25. The van der Waals surface area contributed by atoms with E-state index in [0.29, 0.717) is 11.4 Å². The van der Waals surface area contributed by atoms with Crippen LogP contribution in [-0.2, 0) is 19.5 Å². The molecule has 11 heteroatoms. The van der Waals surface area contributed by atoms with Gasteiger partial charge in [-0.2, -0.15) is 0 Å². The number of carbonyl (C=O) groups is 2. The summed E-state index contributed by atoms with van der Waals surface area (Å²) < 4.78 is 19.4. The second-order valence-electron chi connectivity index (χ2n) is 5.91. The first-order chi connectivity index (χ1) is 11.6. The minimum atomic E-state index is -3.57. The molecule has 1 heterocycles. The molecule has 2 amide bonds. The molecule has 0 bridgehead atoms. The van der Waals surface area contributed by atoms with Crippen molar-refractivity contribution < 1.29 is 13.8 Å². The molecule has 1 aromatic rings. The zero-order valence-electron chi connectivity index (χ0n) is 14.3. The summed E-state index contributed by atoms with van der Waals surface area (Å²) in [6.07, 6.45) is 0.385. The van der Waals surface area contributed by atoms with Crippen LogP contribution < -0.4 is 21.5 Å². The molecule has 6 N–H and O–H groups in total. The summed E-state index contributed by atoms with van der Waals surface area (Å²) >= 11 is 6.90. The SMILES string of the molecule is CNC[C@@H](N)C(=O)NS(=O)(=NC(=O)[C@@H](N)CC(C)C)c1cc(Cl)cs1. The molecule has 0 aliphatic carbocycles. The summed E-state index contributed by atoms with van der Waals surface area (Å²) in [6.45, 7) is 3.98. The van der Waals surface area contributed by atoms with Gasteiger partial charge in [-0.15, -0.1) is 15.7 Å². The van der Waals surface area contributed by atoms with E-state index < -0.39 is 33.8 Å². The predicted molar refractivity (Wildman–Crippen MR) is 101 cm³/mol. The van der Waals surface area contributed by atoms with Crippen molar-refractivity contribution >= 4 is 44.7 Å². The number of hydrogen-bond acceptors (Lipinski definition) is 7. The van der Waals surface area contributed by atoms with Crippen LogP contribution >= 0.6 is 22.9 Å². The van der Waals surface area contributed by atoms with Gasteiger partial charge in [-0.05, 0) is 25.5 Å². The summed E-state index contributed by atoms with van der Waals surface area (Å²) in [7, 11) is -1.94. The van der Waals surface area contributed by atoms with Crippen molar-refractivity contribution in [2.75, 3.05) is 13.6 Å². The fourth-order valence-corrected chi connectivity index (χ4v) is 4.99. The summed E-state index contributed by atoms with van der Waals surface area (Å²) in [5.41, 5.74) is 11.5. The summed E-state index contributed by atoms with van der Waals surface area (Å²) in [6, 6.07) is -0.460. The second kappa shape index (κ2) is 9.60. The first kappa shape index (κ1) is 22.0. The summed E-state index contributed by atoms with van der Waals surface area (Å²) in [4.78, 5) is 24.4. The second-order valence-corrected chi connectivity index (χ2v) is 9.39. The maximum absolute atomic E-state index is 13.2. The quantitative estimate of drug-likeness (QED) is 0.498. The van der Waals surface area contributed by atoms with E-state index in [2.05, 4.69) is 14.4 Å². The molecule has 8 nitrogen and oxygen atoms in total. The number of likely N-dealkylation sites (N-methyl/N-ethyl adjacent to an activating group) is 1. The third kappa shape index (κ3) is 6.65. The highest BCUT2D eigenvalue weighted by Crippen LogP contribution is 2.25. The van der Waals surface area contributed by atoms with Crippen molar-refractivity contribution in [2.24, 2.45) is 21.7 Å². The van der Waals surface area contributed by atoms with Gasteiger partial charge in [0.1, 0.15) is 4.21 Å². The highest BCUT2D eigenvalue weighted by atomic mass is 35.5. The normalized spacial score (nSPS) is 16.1. The zero-order valence-corrected chi connectivity index (χ0v) is 16.7. The number of carbonyl (C=O) groups excluding carboxylic acids is 2. The molecular weight excluding hydrogens is 386 g/mol. The lowest BCUT2D eigenvalue weighted by atomic mass is 10.0. The van der Waals surface area contributed by atoms with E-state index in [-0.39, 0.29) is 16.7 Å². The van der Waals surface area contributed by atoms with E-state index in [1.165, 1.54) is 11.4 Å². The van der Waals surface area contributed by atoms with E-state index >= 15 is 0 Å². The van der Waals surface area contributed by atoms with Crippen molar-refractivity contribution in [2.45, 2.75) is 36.6 Å². The Bertz CT molecular complexity index is 728. The minimum Gasteiger partial charge on any atom is -0.320 e. The highest BCUT2D eigenvalue weighted by molar-refractivity contribution is 7.94. The van der Waals surface area contributed by atoms with Crippen molar-refractivity contribution in [3.63, 3.8) is 0 Å². The van der Waals surface area contributed by atoms with Gasteiger partial charge >= 0.3 is 0 Å². The van der Waals surface area contributed by atoms with Crippen molar-refractivity contribution in [3.05, 3.63) is 16.5 Å². The minimum absolute atomic E-state index is 0.160. The summed E-state index contributed by atoms with van der Waals surface area (Å²) in [5.74, 6) is -1.27. The van der Waals surface area contributed by atoms with E-state index in [1.807, 2.05) is 13.8 Å². The first-order valence-electron chi connectivity index (χ1n) is 7.61. The summed E-state index contributed by atoms with van der Waals surface area (Å²) in [5, 5.41) is 4.61. The monoisotopic (exact) mass is 409 g/mol. The molecule has 1 rings (SSSR count). The largest absolute Gasteiger partial charge is 0.320 e. The Hall–Kier alpha value is -1.04.